The molecule has 0 amide bonds. The molecule has 1 saturated heterocycles. The summed E-state index contributed by atoms with van der Waals surface area (Å²) in [6, 6.07) is 1.18. The number of nitrogens with one attached hydrogen (secondary N) is 1. The second-order valence-electron chi connectivity index (χ2n) is 6.73. The second kappa shape index (κ2) is 4.87. The molecule has 0 radical (unpaired) electrons. The van der Waals surface area contributed by atoms with Crippen molar-refractivity contribution in [1.82, 2.24) is 10.2 Å². The van der Waals surface area contributed by atoms with Crippen molar-refractivity contribution in [1.29, 1.82) is 0 Å². The first kappa shape index (κ1) is 13.3. The summed E-state index contributed by atoms with van der Waals surface area (Å²) >= 11 is 0. The number of fused-ring (bicyclic) bond motifs is 1. The smallest absolute Gasteiger partial charge is 0.0684 e. The zero-order chi connectivity index (χ0) is 12.6. The van der Waals surface area contributed by atoms with Crippen molar-refractivity contribution in [3.63, 3.8) is 0 Å². The Balaban J connectivity index is 1.91. The minimum absolute atomic E-state index is 0.297. The Hall–Kier alpha value is -0.120. The van der Waals surface area contributed by atoms with Gasteiger partial charge in [-0.25, -0.2) is 0 Å². The maximum atomic E-state index is 5.93. The molecule has 3 nitrogen and oxygen atoms in total. The molecule has 4 atom stereocenters. The summed E-state index contributed by atoms with van der Waals surface area (Å²) in [5, 5.41) is 3.82. The molecule has 0 aromatic heterocycles. The minimum atomic E-state index is 0.297. The fourth-order valence-electron chi connectivity index (χ4n) is 3.77. The summed E-state index contributed by atoms with van der Waals surface area (Å²) in [5.74, 6) is 0.739. The Morgan fingerprint density at radius 2 is 2.12 bits per heavy atom. The predicted molar refractivity (Wildman–Crippen MR) is 71.2 cm³/mol. The highest BCUT2D eigenvalue weighted by Gasteiger charge is 2.57. The first-order valence-electron chi connectivity index (χ1n) is 6.95. The van der Waals surface area contributed by atoms with Crippen molar-refractivity contribution in [3.05, 3.63) is 0 Å². The zero-order valence-electron chi connectivity index (χ0n) is 12.0. The van der Waals surface area contributed by atoms with Crippen LogP contribution in [-0.4, -0.2) is 50.3 Å². The lowest BCUT2D eigenvalue weighted by Gasteiger charge is -2.60. The third kappa shape index (κ3) is 2.51. The van der Waals surface area contributed by atoms with E-state index in [1.54, 1.807) is 0 Å². The Labute approximate surface area is 106 Å². The van der Waals surface area contributed by atoms with E-state index in [1.165, 1.54) is 12.8 Å². The maximum Gasteiger partial charge on any atom is 0.0684 e. The summed E-state index contributed by atoms with van der Waals surface area (Å²) in [6.45, 7) is 9.04. The molecule has 3 heteroatoms. The van der Waals surface area contributed by atoms with Crippen LogP contribution < -0.4 is 5.32 Å². The van der Waals surface area contributed by atoms with E-state index >= 15 is 0 Å². The van der Waals surface area contributed by atoms with Gasteiger partial charge in [0.05, 0.1) is 6.10 Å². The van der Waals surface area contributed by atoms with Crippen LogP contribution in [0.25, 0.3) is 0 Å². The van der Waals surface area contributed by atoms with Crippen LogP contribution in [0.2, 0.25) is 0 Å². The Morgan fingerprint density at radius 1 is 1.41 bits per heavy atom. The van der Waals surface area contributed by atoms with Crippen molar-refractivity contribution < 1.29 is 4.74 Å². The van der Waals surface area contributed by atoms with Gasteiger partial charge in [-0.2, -0.15) is 0 Å². The predicted octanol–water partition coefficient (Wildman–Crippen LogP) is 1.73. The summed E-state index contributed by atoms with van der Waals surface area (Å²) in [7, 11) is 4.27. The molecule has 1 aliphatic carbocycles. The SMILES string of the molecule is CC(CN(C)C)NC1C2CCCOC2C1(C)C. The van der Waals surface area contributed by atoms with Gasteiger partial charge in [0.25, 0.3) is 0 Å². The van der Waals surface area contributed by atoms with Gasteiger partial charge in [-0.3, -0.25) is 0 Å². The highest BCUT2D eigenvalue weighted by atomic mass is 16.5. The molecule has 17 heavy (non-hydrogen) atoms. The number of nitrogens with zero attached hydrogens (tertiary/aromatic N) is 1. The Bertz CT molecular complexity index is 265. The molecule has 0 bridgehead atoms. The van der Waals surface area contributed by atoms with Crippen LogP contribution in [0.3, 0.4) is 0 Å². The summed E-state index contributed by atoms with van der Waals surface area (Å²) in [4.78, 5) is 2.25. The van der Waals surface area contributed by atoms with Gasteiger partial charge in [-0.1, -0.05) is 13.8 Å². The lowest BCUT2D eigenvalue weighted by atomic mass is 9.55. The average Bonchev–Trinajstić information content (AvgIpc) is 2.25. The van der Waals surface area contributed by atoms with Gasteiger partial charge in [0.15, 0.2) is 0 Å². The topological polar surface area (TPSA) is 24.5 Å². The molecule has 100 valence electrons. The van der Waals surface area contributed by atoms with Gasteiger partial charge in [0, 0.05) is 36.6 Å². The fraction of sp³-hybridized carbons (Fsp3) is 1.00. The highest BCUT2D eigenvalue weighted by Crippen LogP contribution is 2.51. The van der Waals surface area contributed by atoms with E-state index in [-0.39, 0.29) is 0 Å². The van der Waals surface area contributed by atoms with Crippen molar-refractivity contribution >= 4 is 0 Å². The molecule has 0 aromatic rings. The van der Waals surface area contributed by atoms with Crippen LogP contribution in [0.4, 0.5) is 0 Å². The van der Waals surface area contributed by atoms with Gasteiger partial charge in [0.1, 0.15) is 0 Å². The second-order valence-corrected chi connectivity index (χ2v) is 6.73. The van der Waals surface area contributed by atoms with Crippen LogP contribution >= 0.6 is 0 Å². The fourth-order valence-corrected chi connectivity index (χ4v) is 3.77. The molecule has 2 rings (SSSR count). The van der Waals surface area contributed by atoms with E-state index in [0.717, 1.165) is 19.1 Å². The van der Waals surface area contributed by atoms with Crippen molar-refractivity contribution in [3.8, 4) is 0 Å². The third-order valence-corrected chi connectivity index (χ3v) is 4.43. The third-order valence-electron chi connectivity index (χ3n) is 4.43. The average molecular weight is 240 g/mol. The van der Waals surface area contributed by atoms with Crippen molar-refractivity contribution in [2.24, 2.45) is 11.3 Å². The lowest BCUT2D eigenvalue weighted by molar-refractivity contribution is -0.194. The number of rotatable bonds is 4. The van der Waals surface area contributed by atoms with E-state index in [4.69, 9.17) is 4.74 Å². The van der Waals surface area contributed by atoms with Gasteiger partial charge in [0.2, 0.25) is 0 Å². The van der Waals surface area contributed by atoms with E-state index in [2.05, 4.69) is 45.1 Å². The molecule has 2 aliphatic rings. The number of ether oxygens (including phenoxy) is 1. The number of hydrogen-bond acceptors (Lipinski definition) is 3. The molecule has 0 spiro atoms. The summed E-state index contributed by atoms with van der Waals surface area (Å²) in [6.07, 6.45) is 3.05. The van der Waals surface area contributed by atoms with Gasteiger partial charge < -0.3 is 15.0 Å². The van der Waals surface area contributed by atoms with E-state index in [0.29, 0.717) is 23.6 Å². The van der Waals surface area contributed by atoms with Crippen LogP contribution in [0.1, 0.15) is 33.6 Å². The van der Waals surface area contributed by atoms with E-state index < -0.39 is 0 Å². The van der Waals surface area contributed by atoms with Crippen LogP contribution in [0, 0.1) is 11.3 Å². The quantitative estimate of drug-likeness (QED) is 0.810. The summed E-state index contributed by atoms with van der Waals surface area (Å²) in [5.41, 5.74) is 0.297. The Morgan fingerprint density at radius 3 is 2.76 bits per heavy atom. The zero-order valence-corrected chi connectivity index (χ0v) is 12.0. The Kier molecular flexibility index (Phi) is 3.81. The van der Waals surface area contributed by atoms with Crippen molar-refractivity contribution in [2.75, 3.05) is 27.2 Å². The molecular weight excluding hydrogens is 212 g/mol. The van der Waals surface area contributed by atoms with E-state index in [1.807, 2.05) is 0 Å². The minimum Gasteiger partial charge on any atom is -0.377 e. The first-order valence-corrected chi connectivity index (χ1v) is 6.95. The first-order chi connectivity index (χ1) is 7.93. The molecule has 1 N–H and O–H groups in total. The normalized spacial score (nSPS) is 37.4. The molecule has 4 unspecified atom stereocenters. The van der Waals surface area contributed by atoms with E-state index in [9.17, 15) is 0 Å². The number of likely N-dealkylation sites (N-methyl/N-ethyl adjacent to an activating group) is 1. The molecule has 1 saturated carbocycles. The monoisotopic (exact) mass is 240 g/mol. The molecular formula is C14H28N2O. The molecule has 1 heterocycles. The summed E-state index contributed by atoms with van der Waals surface area (Å²) < 4.78 is 5.93. The maximum absolute atomic E-state index is 5.93. The van der Waals surface area contributed by atoms with Gasteiger partial charge >= 0.3 is 0 Å². The van der Waals surface area contributed by atoms with Crippen molar-refractivity contribution in [2.45, 2.75) is 51.8 Å². The standard InChI is InChI=1S/C14H28N2O/c1-10(9-16(4)5)15-12-11-7-6-8-17-13(11)14(12,2)3/h10-13,15H,6-9H2,1-5H3. The van der Waals surface area contributed by atoms with Crippen LogP contribution in [-0.2, 0) is 4.74 Å². The van der Waals surface area contributed by atoms with Crippen LogP contribution in [0.5, 0.6) is 0 Å². The van der Waals surface area contributed by atoms with Gasteiger partial charge in [-0.15, -0.1) is 0 Å². The number of hydrogen-bond donors (Lipinski definition) is 1. The largest absolute Gasteiger partial charge is 0.377 e. The highest BCUT2D eigenvalue weighted by molar-refractivity contribution is 5.10. The van der Waals surface area contributed by atoms with Crippen LogP contribution in [0.15, 0.2) is 0 Å². The lowest BCUT2D eigenvalue weighted by Crippen LogP contribution is -2.70. The molecule has 2 fully saturated rings. The molecule has 0 aromatic carbocycles. The molecule has 1 aliphatic heterocycles. The van der Waals surface area contributed by atoms with Gasteiger partial charge in [-0.05, 0) is 33.9 Å².